The molecule has 0 aromatic heterocycles. The van der Waals surface area contributed by atoms with E-state index < -0.39 is 23.4 Å². The molecular weight excluding hydrogens is 343 g/mol. The molecule has 1 aromatic rings. The molecule has 1 aliphatic rings. The normalized spacial score (nSPS) is 17.0. The topological polar surface area (TPSA) is 78.4 Å². The number of anilines is 1. The van der Waals surface area contributed by atoms with Gasteiger partial charge in [0.05, 0.1) is 4.47 Å². The minimum Gasteiger partial charge on any atom is -0.480 e. The van der Waals surface area contributed by atoms with Crippen LogP contribution in [0.25, 0.3) is 0 Å². The third kappa shape index (κ3) is 3.34. The number of nitrogens with one attached hydrogen (secondary N) is 2. The van der Waals surface area contributed by atoms with Crippen molar-refractivity contribution in [1.29, 1.82) is 0 Å². The van der Waals surface area contributed by atoms with E-state index in [0.717, 1.165) is 12.8 Å². The van der Waals surface area contributed by atoms with Crippen molar-refractivity contribution in [2.24, 2.45) is 5.92 Å². The monoisotopic (exact) mass is 358 g/mol. The van der Waals surface area contributed by atoms with Gasteiger partial charge in [0.2, 0.25) is 0 Å². The van der Waals surface area contributed by atoms with Crippen molar-refractivity contribution in [3.8, 4) is 0 Å². The number of hydrogen-bond donors (Lipinski definition) is 3. The van der Waals surface area contributed by atoms with E-state index in [1.54, 1.807) is 13.0 Å². The number of halogens is 2. The van der Waals surface area contributed by atoms with E-state index in [2.05, 4.69) is 26.6 Å². The molecule has 1 fully saturated rings. The minimum absolute atomic E-state index is 0.0662. The van der Waals surface area contributed by atoms with Gasteiger partial charge < -0.3 is 15.7 Å². The zero-order chi connectivity index (χ0) is 15.8. The van der Waals surface area contributed by atoms with Crippen LogP contribution in [0.2, 0.25) is 0 Å². The summed E-state index contributed by atoms with van der Waals surface area (Å²) in [6.07, 6.45) is 1.55. The van der Waals surface area contributed by atoms with Crippen LogP contribution in [0, 0.1) is 18.7 Å². The van der Waals surface area contributed by atoms with E-state index in [0.29, 0.717) is 15.7 Å². The average Bonchev–Trinajstić information content (AvgIpc) is 3.19. The Morgan fingerprint density at radius 2 is 2.05 bits per heavy atom. The highest BCUT2D eigenvalue weighted by Crippen LogP contribution is 2.39. The van der Waals surface area contributed by atoms with Gasteiger partial charge >= 0.3 is 12.0 Å². The Morgan fingerprint density at radius 3 is 2.57 bits per heavy atom. The lowest BCUT2D eigenvalue weighted by atomic mass is 9.96. The summed E-state index contributed by atoms with van der Waals surface area (Å²) in [4.78, 5) is 23.3. The van der Waals surface area contributed by atoms with Gasteiger partial charge in [-0.3, -0.25) is 0 Å². The summed E-state index contributed by atoms with van der Waals surface area (Å²) >= 11 is 3.06. The van der Waals surface area contributed by atoms with Gasteiger partial charge in [-0.1, -0.05) is 0 Å². The van der Waals surface area contributed by atoms with Crippen LogP contribution in [-0.2, 0) is 4.79 Å². The lowest BCUT2D eigenvalue weighted by molar-refractivity contribution is -0.144. The van der Waals surface area contributed by atoms with Crippen LogP contribution in [0.15, 0.2) is 16.6 Å². The molecule has 114 valence electrons. The van der Waals surface area contributed by atoms with Crippen molar-refractivity contribution in [3.05, 3.63) is 28.0 Å². The SMILES string of the molecule is Cc1cc(Br)c(F)cc1NC(=O)NC(C)(C(=O)O)C1CC1. The van der Waals surface area contributed by atoms with Crippen LogP contribution < -0.4 is 10.6 Å². The van der Waals surface area contributed by atoms with E-state index in [1.165, 1.54) is 13.0 Å². The molecule has 0 saturated heterocycles. The van der Waals surface area contributed by atoms with E-state index in [1.807, 2.05) is 0 Å². The van der Waals surface area contributed by atoms with Gasteiger partial charge in [0.1, 0.15) is 11.4 Å². The number of benzene rings is 1. The van der Waals surface area contributed by atoms with Crippen molar-refractivity contribution in [3.63, 3.8) is 0 Å². The average molecular weight is 359 g/mol. The number of carbonyl (C=O) groups is 2. The Labute approximate surface area is 130 Å². The second kappa shape index (κ2) is 5.63. The molecule has 0 bridgehead atoms. The standard InChI is InChI=1S/C14H16BrFN2O3/c1-7-5-9(15)10(16)6-11(7)17-13(21)18-14(2,12(19)20)8-3-4-8/h5-6,8H,3-4H2,1-2H3,(H,19,20)(H2,17,18,21). The van der Waals surface area contributed by atoms with Crippen molar-refractivity contribution < 1.29 is 19.1 Å². The maximum absolute atomic E-state index is 13.5. The molecule has 3 N–H and O–H groups in total. The second-order valence-electron chi connectivity index (χ2n) is 5.44. The number of rotatable bonds is 4. The quantitative estimate of drug-likeness (QED) is 0.772. The number of carboxylic acids is 1. The Morgan fingerprint density at radius 1 is 1.43 bits per heavy atom. The molecule has 21 heavy (non-hydrogen) atoms. The molecule has 1 saturated carbocycles. The summed E-state index contributed by atoms with van der Waals surface area (Å²) in [5, 5.41) is 14.3. The molecular formula is C14H16BrFN2O3. The number of aryl methyl sites for hydroxylation is 1. The third-order valence-corrected chi connectivity index (χ3v) is 4.33. The van der Waals surface area contributed by atoms with Crippen LogP contribution in [0.4, 0.5) is 14.9 Å². The smallest absolute Gasteiger partial charge is 0.329 e. The molecule has 0 heterocycles. The van der Waals surface area contributed by atoms with Crippen LogP contribution >= 0.6 is 15.9 Å². The molecule has 2 amide bonds. The van der Waals surface area contributed by atoms with Crippen molar-refractivity contribution >= 4 is 33.6 Å². The fraction of sp³-hybridized carbons (Fsp3) is 0.429. The number of carboxylic acid groups (broad SMARTS) is 1. The summed E-state index contributed by atoms with van der Waals surface area (Å²) in [6, 6.07) is 2.08. The van der Waals surface area contributed by atoms with Crippen LogP contribution in [-0.4, -0.2) is 22.6 Å². The predicted octanol–water partition coefficient (Wildman–Crippen LogP) is 3.27. The molecule has 1 aliphatic carbocycles. The maximum atomic E-state index is 13.5. The highest BCUT2D eigenvalue weighted by molar-refractivity contribution is 9.10. The maximum Gasteiger partial charge on any atom is 0.329 e. The van der Waals surface area contributed by atoms with Gasteiger partial charge in [0.25, 0.3) is 0 Å². The fourth-order valence-corrected chi connectivity index (χ4v) is 2.62. The van der Waals surface area contributed by atoms with Gasteiger partial charge in [-0.05, 0) is 66.2 Å². The Balaban J connectivity index is 2.11. The van der Waals surface area contributed by atoms with E-state index in [9.17, 15) is 19.1 Å². The first-order valence-corrected chi connectivity index (χ1v) is 7.31. The van der Waals surface area contributed by atoms with E-state index in [4.69, 9.17) is 0 Å². The van der Waals surface area contributed by atoms with Crippen molar-refractivity contribution in [2.45, 2.75) is 32.2 Å². The summed E-state index contributed by atoms with van der Waals surface area (Å²) in [7, 11) is 0. The van der Waals surface area contributed by atoms with Crippen molar-refractivity contribution in [2.75, 3.05) is 5.32 Å². The molecule has 2 rings (SSSR count). The summed E-state index contributed by atoms with van der Waals surface area (Å²) in [5.74, 6) is -1.64. The van der Waals surface area contributed by atoms with Gasteiger partial charge in [0, 0.05) is 5.69 Å². The molecule has 5 nitrogen and oxygen atoms in total. The Bertz CT molecular complexity index is 604. The first kappa shape index (κ1) is 15.8. The molecule has 7 heteroatoms. The van der Waals surface area contributed by atoms with Crippen LogP contribution in [0.3, 0.4) is 0 Å². The van der Waals surface area contributed by atoms with Gasteiger partial charge in [-0.25, -0.2) is 14.0 Å². The van der Waals surface area contributed by atoms with E-state index in [-0.39, 0.29) is 5.92 Å². The number of amides is 2. The third-order valence-electron chi connectivity index (χ3n) is 3.73. The molecule has 1 unspecified atom stereocenters. The lowest BCUT2D eigenvalue weighted by Gasteiger charge is -2.26. The second-order valence-corrected chi connectivity index (χ2v) is 6.30. The fourth-order valence-electron chi connectivity index (χ4n) is 2.16. The van der Waals surface area contributed by atoms with Gasteiger partial charge in [-0.15, -0.1) is 0 Å². The number of hydrogen-bond acceptors (Lipinski definition) is 2. The first-order chi connectivity index (χ1) is 9.74. The molecule has 0 aliphatic heterocycles. The number of carbonyl (C=O) groups excluding carboxylic acids is 1. The summed E-state index contributed by atoms with van der Waals surface area (Å²) in [6.45, 7) is 3.21. The van der Waals surface area contributed by atoms with Crippen LogP contribution in [0.5, 0.6) is 0 Å². The molecule has 0 spiro atoms. The summed E-state index contributed by atoms with van der Waals surface area (Å²) in [5.41, 5.74) is -0.329. The van der Waals surface area contributed by atoms with Gasteiger partial charge in [-0.2, -0.15) is 0 Å². The van der Waals surface area contributed by atoms with Gasteiger partial charge in [0.15, 0.2) is 0 Å². The molecule has 1 atom stereocenters. The zero-order valence-corrected chi connectivity index (χ0v) is 13.3. The highest BCUT2D eigenvalue weighted by atomic mass is 79.9. The predicted molar refractivity (Wildman–Crippen MR) is 79.8 cm³/mol. The highest BCUT2D eigenvalue weighted by Gasteiger charge is 2.48. The minimum atomic E-state index is -1.30. The summed E-state index contributed by atoms with van der Waals surface area (Å²) < 4.78 is 13.8. The largest absolute Gasteiger partial charge is 0.480 e. The zero-order valence-electron chi connectivity index (χ0n) is 11.7. The van der Waals surface area contributed by atoms with Crippen LogP contribution in [0.1, 0.15) is 25.3 Å². The first-order valence-electron chi connectivity index (χ1n) is 6.52. The lowest BCUT2D eigenvalue weighted by Crippen LogP contribution is -2.55. The number of urea groups is 1. The Kier molecular flexibility index (Phi) is 4.22. The molecule has 0 radical (unpaired) electrons. The Hall–Kier alpha value is -1.63. The van der Waals surface area contributed by atoms with E-state index >= 15 is 0 Å². The number of aliphatic carboxylic acids is 1. The van der Waals surface area contributed by atoms with Crippen molar-refractivity contribution in [1.82, 2.24) is 5.32 Å². The molecule has 1 aromatic carbocycles.